The van der Waals surface area contributed by atoms with Crippen LogP contribution in [0.1, 0.15) is 32.1 Å². The maximum atomic E-state index is 13.3. The first-order valence-electron chi connectivity index (χ1n) is 8.91. The highest BCUT2D eigenvalue weighted by Crippen LogP contribution is 2.32. The number of fused-ring (bicyclic) bond motifs is 1. The van der Waals surface area contributed by atoms with Crippen LogP contribution in [0.3, 0.4) is 0 Å². The Morgan fingerprint density at radius 3 is 2.70 bits per heavy atom. The molecule has 0 aliphatic rings. The number of H-pyrrole nitrogens is 1. The number of aromatic carboxylic acids is 1. The fraction of sp³-hybridized carbons (Fsp3) is 0.0500. The Morgan fingerprint density at radius 1 is 1.30 bits per heavy atom. The van der Waals surface area contributed by atoms with Gasteiger partial charge in [-0.25, -0.2) is 14.5 Å². The molecule has 0 spiro atoms. The Kier molecular flexibility index (Phi) is 5.27. The number of carbonyl (C=O) groups excluding carboxylic acids is 1. The zero-order valence-electron chi connectivity index (χ0n) is 16.1. The van der Waals surface area contributed by atoms with E-state index < -0.39 is 35.0 Å². The van der Waals surface area contributed by atoms with Crippen LogP contribution < -0.4 is 5.32 Å². The molecule has 166 valence electrons. The van der Waals surface area contributed by atoms with Crippen LogP contribution in [0.4, 0.5) is 18.9 Å². The van der Waals surface area contributed by atoms with E-state index in [1.807, 2.05) is 0 Å². The number of amides is 1. The quantitative estimate of drug-likeness (QED) is 0.387. The highest BCUT2D eigenvalue weighted by molar-refractivity contribution is 6.32. The molecule has 33 heavy (non-hydrogen) atoms. The standard InChI is InChI=1S/C20H10ClF3N6O3/c1-2-9-6-10-8-26-28-16(10)14(19(32)33)15(9)27-18(31)12-7-13(20(22,23)24)29-30(12)17-11(21)4-3-5-25-17/h1,3-8H,(H,26,28)(H,27,31)(H,32,33). The molecule has 0 saturated carbocycles. The lowest BCUT2D eigenvalue weighted by Gasteiger charge is -2.13. The van der Waals surface area contributed by atoms with Crippen molar-refractivity contribution < 1.29 is 27.9 Å². The zero-order valence-corrected chi connectivity index (χ0v) is 16.9. The van der Waals surface area contributed by atoms with Gasteiger partial charge in [0.15, 0.2) is 11.5 Å². The molecule has 3 heterocycles. The number of benzene rings is 1. The largest absolute Gasteiger partial charge is 0.478 e. The smallest absolute Gasteiger partial charge is 0.435 e. The molecule has 4 aromatic rings. The summed E-state index contributed by atoms with van der Waals surface area (Å²) >= 11 is 6.03. The van der Waals surface area contributed by atoms with E-state index in [4.69, 9.17) is 18.0 Å². The van der Waals surface area contributed by atoms with Crippen molar-refractivity contribution in [1.29, 1.82) is 0 Å². The first-order valence-corrected chi connectivity index (χ1v) is 9.29. The predicted molar refractivity (Wildman–Crippen MR) is 110 cm³/mol. The second-order valence-corrected chi connectivity index (χ2v) is 6.95. The zero-order chi connectivity index (χ0) is 23.9. The van der Waals surface area contributed by atoms with E-state index in [0.717, 1.165) is 0 Å². The molecule has 0 fully saturated rings. The van der Waals surface area contributed by atoms with Crippen LogP contribution in [-0.4, -0.2) is 41.9 Å². The number of rotatable bonds is 4. The van der Waals surface area contributed by atoms with E-state index in [0.29, 0.717) is 16.1 Å². The van der Waals surface area contributed by atoms with Gasteiger partial charge >= 0.3 is 12.1 Å². The number of pyridine rings is 1. The molecule has 0 aliphatic heterocycles. The van der Waals surface area contributed by atoms with E-state index >= 15 is 0 Å². The first-order chi connectivity index (χ1) is 15.6. The Morgan fingerprint density at radius 2 is 2.06 bits per heavy atom. The van der Waals surface area contributed by atoms with Crippen LogP contribution >= 0.6 is 11.6 Å². The number of terminal acetylenes is 1. The topological polar surface area (TPSA) is 126 Å². The van der Waals surface area contributed by atoms with Crippen molar-refractivity contribution in [1.82, 2.24) is 25.0 Å². The van der Waals surface area contributed by atoms with Crippen molar-refractivity contribution >= 4 is 40.1 Å². The molecule has 0 bridgehead atoms. The third kappa shape index (κ3) is 3.85. The Hall–Kier alpha value is -4.37. The minimum absolute atomic E-state index is 0.0207. The molecule has 0 unspecified atom stereocenters. The monoisotopic (exact) mass is 474 g/mol. The summed E-state index contributed by atoms with van der Waals surface area (Å²) in [5, 5.41) is 22.0. The summed E-state index contributed by atoms with van der Waals surface area (Å²) < 4.78 is 40.6. The van der Waals surface area contributed by atoms with Crippen molar-refractivity contribution in [3.05, 3.63) is 64.2 Å². The van der Waals surface area contributed by atoms with Crippen molar-refractivity contribution in [3.8, 4) is 18.2 Å². The van der Waals surface area contributed by atoms with Crippen LogP contribution in [-0.2, 0) is 6.18 Å². The molecule has 9 nitrogen and oxygen atoms in total. The second kappa shape index (κ2) is 7.95. The number of anilines is 1. The normalized spacial score (nSPS) is 11.4. The van der Waals surface area contributed by atoms with E-state index in [9.17, 15) is 27.9 Å². The van der Waals surface area contributed by atoms with Gasteiger partial charge in [0.25, 0.3) is 5.91 Å². The highest BCUT2D eigenvalue weighted by Gasteiger charge is 2.37. The van der Waals surface area contributed by atoms with Gasteiger partial charge in [0.1, 0.15) is 11.3 Å². The van der Waals surface area contributed by atoms with Gasteiger partial charge in [-0.15, -0.1) is 6.42 Å². The molecule has 3 N–H and O–H groups in total. The fourth-order valence-electron chi connectivity index (χ4n) is 3.10. The average molecular weight is 475 g/mol. The summed E-state index contributed by atoms with van der Waals surface area (Å²) in [6.45, 7) is 0. The number of hydrogen-bond donors (Lipinski definition) is 3. The third-order valence-electron chi connectivity index (χ3n) is 4.52. The van der Waals surface area contributed by atoms with Crippen LogP contribution in [0.25, 0.3) is 16.7 Å². The molecular weight excluding hydrogens is 465 g/mol. The molecule has 0 atom stereocenters. The van der Waals surface area contributed by atoms with E-state index in [2.05, 4.69) is 31.5 Å². The van der Waals surface area contributed by atoms with Gasteiger partial charge in [0.2, 0.25) is 0 Å². The number of carboxylic acid groups (broad SMARTS) is 1. The molecule has 3 aromatic heterocycles. The number of nitrogens with zero attached hydrogens (tertiary/aromatic N) is 4. The summed E-state index contributed by atoms with van der Waals surface area (Å²) in [7, 11) is 0. The highest BCUT2D eigenvalue weighted by atomic mass is 35.5. The van der Waals surface area contributed by atoms with Crippen LogP contribution in [0, 0.1) is 12.3 Å². The summed E-state index contributed by atoms with van der Waals surface area (Å²) in [4.78, 5) is 28.9. The van der Waals surface area contributed by atoms with Crippen molar-refractivity contribution in [2.75, 3.05) is 5.32 Å². The number of carbonyl (C=O) groups is 2. The van der Waals surface area contributed by atoms with Crippen molar-refractivity contribution in [2.45, 2.75) is 6.18 Å². The Labute approximate surface area is 187 Å². The maximum Gasteiger partial charge on any atom is 0.435 e. The summed E-state index contributed by atoms with van der Waals surface area (Å²) in [6, 6.07) is 4.68. The minimum Gasteiger partial charge on any atom is -0.478 e. The summed E-state index contributed by atoms with van der Waals surface area (Å²) in [6.07, 6.45) is 3.18. The second-order valence-electron chi connectivity index (χ2n) is 6.55. The van der Waals surface area contributed by atoms with Gasteiger partial charge in [-0.05, 0) is 18.2 Å². The number of aromatic amines is 1. The average Bonchev–Trinajstić information content (AvgIpc) is 3.40. The number of halogens is 4. The van der Waals surface area contributed by atoms with Crippen LogP contribution in [0.2, 0.25) is 5.02 Å². The summed E-state index contributed by atoms with van der Waals surface area (Å²) in [5.74, 6) is -0.555. The number of alkyl halides is 3. The minimum atomic E-state index is -4.88. The molecule has 0 saturated heterocycles. The van der Waals surface area contributed by atoms with Gasteiger partial charge in [-0.1, -0.05) is 17.5 Å². The first kappa shape index (κ1) is 21.8. The van der Waals surface area contributed by atoms with Gasteiger partial charge < -0.3 is 10.4 Å². The molecule has 0 aliphatic carbocycles. The van der Waals surface area contributed by atoms with Gasteiger partial charge in [-0.3, -0.25) is 9.89 Å². The van der Waals surface area contributed by atoms with E-state index in [1.54, 1.807) is 0 Å². The molecule has 0 radical (unpaired) electrons. The number of nitrogens with one attached hydrogen (secondary N) is 2. The lowest BCUT2D eigenvalue weighted by atomic mass is 10.0. The SMILES string of the molecule is C#Cc1cc2cn[nH]c2c(C(=O)O)c1NC(=O)c1cc(C(F)(F)F)nn1-c1ncccc1Cl. The third-order valence-corrected chi connectivity index (χ3v) is 4.81. The number of hydrogen-bond acceptors (Lipinski definition) is 5. The Bertz CT molecular complexity index is 1470. The molecule has 1 aromatic carbocycles. The fourth-order valence-corrected chi connectivity index (χ4v) is 3.31. The maximum absolute atomic E-state index is 13.3. The lowest BCUT2D eigenvalue weighted by molar-refractivity contribution is -0.141. The predicted octanol–water partition coefficient (Wildman–Crippen LogP) is 3.75. The van der Waals surface area contributed by atoms with Crippen molar-refractivity contribution in [3.63, 3.8) is 0 Å². The van der Waals surface area contributed by atoms with Gasteiger partial charge in [-0.2, -0.15) is 23.4 Å². The number of aromatic nitrogens is 5. The van der Waals surface area contributed by atoms with E-state index in [-0.39, 0.29) is 27.6 Å². The van der Waals surface area contributed by atoms with Gasteiger partial charge in [0, 0.05) is 23.2 Å². The lowest BCUT2D eigenvalue weighted by Crippen LogP contribution is -2.20. The molecular formula is C20H10ClF3N6O3. The number of carboxylic acids is 1. The van der Waals surface area contributed by atoms with Crippen LogP contribution in [0.15, 0.2) is 36.7 Å². The molecule has 4 rings (SSSR count). The van der Waals surface area contributed by atoms with Gasteiger partial charge in [0.05, 0.1) is 22.4 Å². The molecule has 13 heteroatoms. The summed E-state index contributed by atoms with van der Waals surface area (Å²) in [5.41, 5.74) is -2.66. The Balaban J connectivity index is 1.88. The molecule has 1 amide bonds. The van der Waals surface area contributed by atoms with Crippen LogP contribution in [0.5, 0.6) is 0 Å². The van der Waals surface area contributed by atoms with Crippen molar-refractivity contribution in [2.24, 2.45) is 0 Å². The van der Waals surface area contributed by atoms with E-state index in [1.165, 1.54) is 30.6 Å².